The molecule has 0 amide bonds. The Labute approximate surface area is 155 Å². The number of hydrogen-bond acceptors (Lipinski definition) is 5. The lowest BCUT2D eigenvalue weighted by atomic mass is 10.1. The Bertz CT molecular complexity index is 794. The normalized spacial score (nSPS) is 11.6. The van der Waals surface area contributed by atoms with Gasteiger partial charge in [-0.25, -0.2) is 4.98 Å². The maximum atomic E-state index is 4.75. The van der Waals surface area contributed by atoms with Crippen molar-refractivity contribution in [3.63, 3.8) is 0 Å². The minimum atomic E-state index is 0.892. The first-order valence-corrected chi connectivity index (χ1v) is 8.98. The number of fused-ring (bicyclic) bond motifs is 1. The van der Waals surface area contributed by atoms with Crippen LogP contribution in [0.2, 0.25) is 0 Å². The molecule has 0 fully saturated rings. The van der Waals surface area contributed by atoms with Gasteiger partial charge in [-0.2, -0.15) is 0 Å². The van der Waals surface area contributed by atoms with Gasteiger partial charge >= 0.3 is 0 Å². The molecule has 0 bridgehead atoms. The van der Waals surface area contributed by atoms with E-state index in [1.165, 1.54) is 5.69 Å². The van der Waals surface area contributed by atoms with Crippen LogP contribution in [0.25, 0.3) is 22.4 Å². The van der Waals surface area contributed by atoms with Crippen LogP contribution >= 0.6 is 0 Å². The molecular formula is C20H28N6. The number of rotatable bonds is 8. The Hall–Kier alpha value is -2.44. The maximum absolute atomic E-state index is 4.75. The zero-order chi connectivity index (χ0) is 18.5. The number of benzene rings is 1. The van der Waals surface area contributed by atoms with Crippen LogP contribution in [-0.2, 0) is 0 Å². The predicted octanol–water partition coefficient (Wildman–Crippen LogP) is 2.55. The lowest BCUT2D eigenvalue weighted by molar-refractivity contribution is 0.391. The first-order valence-electron chi connectivity index (χ1n) is 8.98. The maximum Gasteiger partial charge on any atom is 0.140 e. The molecule has 0 unspecified atom stereocenters. The molecule has 6 nitrogen and oxygen atoms in total. The molecule has 1 N–H and O–H groups in total. The molecule has 138 valence electrons. The molecule has 2 heterocycles. The van der Waals surface area contributed by atoms with Gasteiger partial charge in [-0.05, 0) is 46.4 Å². The van der Waals surface area contributed by atoms with Crippen molar-refractivity contribution in [2.24, 2.45) is 0 Å². The van der Waals surface area contributed by atoms with E-state index in [1.54, 1.807) is 12.4 Å². The van der Waals surface area contributed by atoms with E-state index in [-0.39, 0.29) is 0 Å². The van der Waals surface area contributed by atoms with Crippen LogP contribution in [0.15, 0.2) is 42.7 Å². The molecule has 0 saturated heterocycles. The summed E-state index contributed by atoms with van der Waals surface area (Å²) in [7, 11) is 8.45. The van der Waals surface area contributed by atoms with Crippen molar-refractivity contribution < 1.29 is 0 Å². The smallest absolute Gasteiger partial charge is 0.140 e. The number of nitrogens with one attached hydrogen (secondary N) is 1. The number of nitrogens with zero attached hydrogens (tertiary/aromatic N) is 5. The van der Waals surface area contributed by atoms with E-state index in [1.807, 2.05) is 6.07 Å². The Morgan fingerprint density at radius 3 is 2.23 bits per heavy atom. The first kappa shape index (κ1) is 18.4. The Morgan fingerprint density at radius 2 is 1.58 bits per heavy atom. The fourth-order valence-corrected chi connectivity index (χ4v) is 2.93. The fourth-order valence-electron chi connectivity index (χ4n) is 2.93. The summed E-state index contributed by atoms with van der Waals surface area (Å²) < 4.78 is 0. The quantitative estimate of drug-likeness (QED) is 0.675. The van der Waals surface area contributed by atoms with E-state index in [9.17, 15) is 0 Å². The number of hydrogen-bond donors (Lipinski definition) is 1. The summed E-state index contributed by atoms with van der Waals surface area (Å²) in [5, 5.41) is 0. The SMILES string of the molecule is CN(C)CCN(CCN(C)C)c1ccccc1-c1nc2cnccc2[nH]1. The molecule has 0 aliphatic rings. The highest BCUT2D eigenvalue weighted by molar-refractivity contribution is 5.82. The third kappa shape index (κ3) is 4.39. The van der Waals surface area contributed by atoms with E-state index in [0.29, 0.717) is 0 Å². The predicted molar refractivity (Wildman–Crippen MR) is 109 cm³/mol. The average Bonchev–Trinajstić information content (AvgIpc) is 3.05. The Kier molecular flexibility index (Phi) is 5.85. The third-order valence-electron chi connectivity index (χ3n) is 4.42. The second-order valence-electron chi connectivity index (χ2n) is 7.09. The molecule has 2 aromatic heterocycles. The first-order chi connectivity index (χ1) is 12.5. The number of H-pyrrole nitrogens is 1. The van der Waals surface area contributed by atoms with Crippen LogP contribution < -0.4 is 4.90 Å². The van der Waals surface area contributed by atoms with Crippen molar-refractivity contribution in [2.75, 3.05) is 59.3 Å². The van der Waals surface area contributed by atoms with Crippen molar-refractivity contribution >= 4 is 16.7 Å². The molecule has 3 rings (SSSR count). The van der Waals surface area contributed by atoms with Gasteiger partial charge in [-0.1, -0.05) is 12.1 Å². The van der Waals surface area contributed by atoms with Crippen molar-refractivity contribution in [3.05, 3.63) is 42.7 Å². The summed E-state index contributed by atoms with van der Waals surface area (Å²) in [4.78, 5) is 19.2. The number of aromatic amines is 1. The number of imidazole rings is 1. The second kappa shape index (κ2) is 8.29. The summed E-state index contributed by atoms with van der Waals surface area (Å²) >= 11 is 0. The van der Waals surface area contributed by atoms with Gasteiger partial charge in [-0.15, -0.1) is 0 Å². The van der Waals surface area contributed by atoms with Crippen LogP contribution in [-0.4, -0.2) is 79.1 Å². The van der Waals surface area contributed by atoms with Gasteiger partial charge < -0.3 is 19.7 Å². The topological polar surface area (TPSA) is 51.3 Å². The summed E-state index contributed by atoms with van der Waals surface area (Å²) in [5.74, 6) is 0.892. The molecule has 0 aliphatic carbocycles. The molecule has 0 aliphatic heterocycles. The van der Waals surface area contributed by atoms with Gasteiger partial charge in [0.25, 0.3) is 0 Å². The third-order valence-corrected chi connectivity index (χ3v) is 4.42. The summed E-state index contributed by atoms with van der Waals surface area (Å²) in [5.41, 5.74) is 4.24. The largest absolute Gasteiger partial charge is 0.368 e. The van der Waals surface area contributed by atoms with E-state index < -0.39 is 0 Å². The summed E-state index contributed by atoms with van der Waals surface area (Å²) in [6, 6.07) is 10.5. The highest BCUT2D eigenvalue weighted by Gasteiger charge is 2.15. The van der Waals surface area contributed by atoms with Crippen LogP contribution in [0.3, 0.4) is 0 Å². The van der Waals surface area contributed by atoms with E-state index in [0.717, 1.165) is 48.6 Å². The Balaban J connectivity index is 1.96. The number of anilines is 1. The van der Waals surface area contributed by atoms with E-state index in [4.69, 9.17) is 4.98 Å². The molecule has 26 heavy (non-hydrogen) atoms. The molecule has 3 aromatic rings. The summed E-state index contributed by atoms with van der Waals surface area (Å²) in [6.07, 6.45) is 3.59. The van der Waals surface area contributed by atoms with Gasteiger partial charge in [0.15, 0.2) is 0 Å². The van der Waals surface area contributed by atoms with Gasteiger partial charge in [0.1, 0.15) is 11.3 Å². The van der Waals surface area contributed by atoms with E-state index in [2.05, 4.69) is 77.1 Å². The van der Waals surface area contributed by atoms with Crippen LogP contribution in [0.4, 0.5) is 5.69 Å². The minimum absolute atomic E-state index is 0.892. The zero-order valence-corrected chi connectivity index (χ0v) is 16.1. The van der Waals surface area contributed by atoms with Crippen molar-refractivity contribution in [1.82, 2.24) is 24.8 Å². The van der Waals surface area contributed by atoms with Crippen LogP contribution in [0.1, 0.15) is 0 Å². The molecule has 0 atom stereocenters. The molecule has 0 saturated carbocycles. The second-order valence-corrected chi connectivity index (χ2v) is 7.09. The van der Waals surface area contributed by atoms with Gasteiger partial charge in [0, 0.05) is 43.6 Å². The number of likely N-dealkylation sites (N-methyl/N-ethyl adjacent to an activating group) is 2. The molecule has 1 aromatic carbocycles. The molecular weight excluding hydrogens is 324 g/mol. The van der Waals surface area contributed by atoms with E-state index >= 15 is 0 Å². The summed E-state index contributed by atoms with van der Waals surface area (Å²) in [6.45, 7) is 3.96. The highest BCUT2D eigenvalue weighted by Crippen LogP contribution is 2.30. The standard InChI is InChI=1S/C20H28N6/c1-24(2)11-13-26(14-12-25(3)4)19-8-6-5-7-16(19)20-22-17-9-10-21-15-18(17)23-20/h5-10,15H,11-14H2,1-4H3,(H,22,23). The number of para-hydroxylation sites is 1. The van der Waals surface area contributed by atoms with Gasteiger partial charge in [-0.3, -0.25) is 4.98 Å². The van der Waals surface area contributed by atoms with Gasteiger partial charge in [0.05, 0.1) is 11.7 Å². The van der Waals surface area contributed by atoms with Crippen molar-refractivity contribution in [2.45, 2.75) is 0 Å². The Morgan fingerprint density at radius 1 is 0.885 bits per heavy atom. The van der Waals surface area contributed by atoms with Gasteiger partial charge in [0.2, 0.25) is 0 Å². The lowest BCUT2D eigenvalue weighted by Gasteiger charge is -2.29. The zero-order valence-electron chi connectivity index (χ0n) is 16.1. The fraction of sp³-hybridized carbons (Fsp3) is 0.400. The minimum Gasteiger partial charge on any atom is -0.368 e. The monoisotopic (exact) mass is 352 g/mol. The van der Waals surface area contributed by atoms with Crippen molar-refractivity contribution in [1.29, 1.82) is 0 Å². The van der Waals surface area contributed by atoms with Crippen molar-refractivity contribution in [3.8, 4) is 11.4 Å². The average molecular weight is 352 g/mol. The number of aromatic nitrogens is 3. The molecule has 0 spiro atoms. The van der Waals surface area contributed by atoms with Crippen LogP contribution in [0.5, 0.6) is 0 Å². The number of pyridine rings is 1. The molecule has 0 radical (unpaired) electrons. The highest BCUT2D eigenvalue weighted by atomic mass is 15.2. The molecule has 6 heteroatoms. The lowest BCUT2D eigenvalue weighted by Crippen LogP contribution is -2.36. The van der Waals surface area contributed by atoms with Crippen LogP contribution in [0, 0.1) is 0 Å².